The number of methoxy groups -OCH3 is 1. The zero-order chi connectivity index (χ0) is 46.2. The fourth-order valence-corrected chi connectivity index (χ4v) is 13.7. The highest BCUT2D eigenvalue weighted by Crippen LogP contribution is 2.42. The molecular weight excluding hydrogens is 817 g/mol. The van der Waals surface area contributed by atoms with E-state index < -0.39 is 61.6 Å². The summed E-state index contributed by atoms with van der Waals surface area (Å²) in [6, 6.07) is 20.7. The molecule has 0 unspecified atom stereocenters. The molecule has 1 spiro atoms. The van der Waals surface area contributed by atoms with Gasteiger partial charge in [-0.15, -0.1) is 0 Å². The number of aliphatic hydroxyl groups excluding tert-OH is 2. The SMILES string of the molecule is CO[C@H]1CC[C@]2(C=C[C@H](C)[C@@H](C[C@@H](O)C[C@@H](O)C[C@@H]3CCC[C@H](CCOC(=O)C(C)(C)C)O3)O2)O[C@@H]1[C@H](CO[Si](c1ccccc1)(c1ccccc1)C(C)(C)C)OC(=O)C(C)(C)C. The molecule has 352 valence electrons. The molecule has 3 aliphatic rings. The normalized spacial score (nSPS) is 27.4. The lowest BCUT2D eigenvalue weighted by Gasteiger charge is -2.49. The Bertz CT molecular complexity index is 1730. The van der Waals surface area contributed by atoms with Crippen LogP contribution in [0.25, 0.3) is 0 Å². The molecule has 12 heteroatoms. The van der Waals surface area contributed by atoms with Crippen LogP contribution in [0.15, 0.2) is 72.8 Å². The highest BCUT2D eigenvalue weighted by atomic mass is 28.4. The van der Waals surface area contributed by atoms with Crippen LogP contribution >= 0.6 is 0 Å². The molecule has 2 saturated heterocycles. The fraction of sp³-hybridized carbons (Fsp3) is 0.686. The fourth-order valence-electron chi connectivity index (χ4n) is 9.16. The molecular formula is C51H78O11Si. The van der Waals surface area contributed by atoms with E-state index in [1.165, 1.54) is 0 Å². The van der Waals surface area contributed by atoms with Gasteiger partial charge < -0.3 is 43.1 Å². The molecule has 2 aromatic carbocycles. The van der Waals surface area contributed by atoms with Crippen LogP contribution in [0, 0.1) is 16.7 Å². The van der Waals surface area contributed by atoms with Crippen molar-refractivity contribution in [2.45, 2.75) is 187 Å². The van der Waals surface area contributed by atoms with Crippen molar-refractivity contribution in [2.24, 2.45) is 16.7 Å². The van der Waals surface area contributed by atoms with Gasteiger partial charge >= 0.3 is 11.9 Å². The lowest BCUT2D eigenvalue weighted by molar-refractivity contribution is -0.316. The molecule has 0 aromatic heterocycles. The maximum absolute atomic E-state index is 13.8. The third-order valence-corrected chi connectivity index (χ3v) is 17.8. The first-order valence-electron chi connectivity index (χ1n) is 23.3. The van der Waals surface area contributed by atoms with Gasteiger partial charge in [0.2, 0.25) is 0 Å². The zero-order valence-corrected chi connectivity index (χ0v) is 41.0. The Morgan fingerprint density at radius 1 is 0.810 bits per heavy atom. The van der Waals surface area contributed by atoms with E-state index in [0.717, 1.165) is 29.6 Å². The highest BCUT2D eigenvalue weighted by Gasteiger charge is 2.53. The minimum atomic E-state index is -3.04. The molecule has 5 rings (SSSR count). The Balaban J connectivity index is 1.29. The number of carbonyl (C=O) groups is 2. The van der Waals surface area contributed by atoms with Crippen LogP contribution < -0.4 is 10.4 Å². The van der Waals surface area contributed by atoms with E-state index in [1.807, 2.05) is 84.0 Å². The Morgan fingerprint density at radius 2 is 1.40 bits per heavy atom. The summed E-state index contributed by atoms with van der Waals surface area (Å²) in [6.45, 7) is 20.1. The quantitative estimate of drug-likeness (QED) is 0.0914. The van der Waals surface area contributed by atoms with Crippen LogP contribution in [-0.4, -0.2) is 105 Å². The van der Waals surface area contributed by atoms with Gasteiger partial charge in [0.25, 0.3) is 8.32 Å². The maximum atomic E-state index is 13.8. The van der Waals surface area contributed by atoms with Crippen molar-refractivity contribution < 1.29 is 52.6 Å². The number of benzene rings is 2. The van der Waals surface area contributed by atoms with Crippen LogP contribution in [0.5, 0.6) is 0 Å². The van der Waals surface area contributed by atoms with Crippen LogP contribution in [0.1, 0.15) is 127 Å². The first-order valence-corrected chi connectivity index (χ1v) is 25.2. The van der Waals surface area contributed by atoms with Gasteiger partial charge in [-0.05, 0) is 102 Å². The lowest BCUT2D eigenvalue weighted by atomic mass is 9.88. The minimum Gasteiger partial charge on any atom is -0.465 e. The maximum Gasteiger partial charge on any atom is 0.311 e. The zero-order valence-electron chi connectivity index (χ0n) is 40.0. The largest absolute Gasteiger partial charge is 0.465 e. The topological polar surface area (TPSA) is 139 Å². The van der Waals surface area contributed by atoms with Crippen molar-refractivity contribution in [3.63, 3.8) is 0 Å². The van der Waals surface area contributed by atoms with Gasteiger partial charge in [-0.1, -0.05) is 94.4 Å². The van der Waals surface area contributed by atoms with Gasteiger partial charge in [-0.25, -0.2) is 0 Å². The minimum absolute atomic E-state index is 0.0348. The average Bonchev–Trinajstić information content (AvgIpc) is 3.21. The first kappa shape index (κ1) is 51.0. The highest BCUT2D eigenvalue weighted by molar-refractivity contribution is 6.99. The Labute approximate surface area is 378 Å². The standard InChI is InChI=1S/C51H78O11Si/c1-35-25-28-51(61-43(35)33-37(53)31-36(52)32-39-20-18-19-38(59-39)27-30-57-46(54)48(2,3)4)29-26-42(56-11)45(62-51)44(60-47(55)49(5,6)7)34-58-63(50(8,9)10,40-21-14-12-15-22-40)41-23-16-13-17-24-41/h12-17,21-25,28,35-39,42-45,52-53H,18-20,26-27,29-34H2,1-11H3/t35-,36+,37-,38+,39-,42-,43+,44-,45-,51-/m0/s1. The third kappa shape index (κ3) is 13.3. The van der Waals surface area contributed by atoms with E-state index in [-0.39, 0.29) is 48.1 Å². The second kappa shape index (κ2) is 21.6. The van der Waals surface area contributed by atoms with E-state index in [0.29, 0.717) is 38.7 Å². The van der Waals surface area contributed by atoms with Crippen molar-refractivity contribution in [1.29, 1.82) is 0 Å². The van der Waals surface area contributed by atoms with E-state index in [1.54, 1.807) is 7.11 Å². The van der Waals surface area contributed by atoms with Crippen molar-refractivity contribution in [3.05, 3.63) is 72.8 Å². The molecule has 0 bridgehead atoms. The smallest absolute Gasteiger partial charge is 0.311 e. The predicted octanol–water partition coefficient (Wildman–Crippen LogP) is 7.81. The third-order valence-electron chi connectivity index (χ3n) is 12.8. The van der Waals surface area contributed by atoms with Crippen molar-refractivity contribution >= 4 is 30.6 Å². The summed E-state index contributed by atoms with van der Waals surface area (Å²) in [4.78, 5) is 26.0. The molecule has 2 aromatic rings. The molecule has 0 amide bonds. The number of hydrogen-bond acceptors (Lipinski definition) is 11. The Morgan fingerprint density at radius 3 is 1.97 bits per heavy atom. The van der Waals surface area contributed by atoms with Crippen LogP contribution in [-0.2, 0) is 42.4 Å². The summed E-state index contributed by atoms with van der Waals surface area (Å²) >= 11 is 0. The van der Waals surface area contributed by atoms with Crippen molar-refractivity contribution in [1.82, 2.24) is 0 Å². The molecule has 2 N–H and O–H groups in total. The summed E-state index contributed by atoms with van der Waals surface area (Å²) in [5.74, 6) is -1.80. The van der Waals surface area contributed by atoms with Gasteiger partial charge in [-0.3, -0.25) is 9.59 Å². The second-order valence-electron chi connectivity index (χ2n) is 21.3. The Hall–Kier alpha value is -2.94. The number of aliphatic hydroxyl groups is 2. The molecule has 2 fully saturated rings. The van der Waals surface area contributed by atoms with Gasteiger partial charge in [-0.2, -0.15) is 0 Å². The number of rotatable bonds is 17. The predicted molar refractivity (Wildman–Crippen MR) is 247 cm³/mol. The molecule has 3 aliphatic heterocycles. The van der Waals surface area contributed by atoms with E-state index in [2.05, 4.69) is 58.0 Å². The first-order chi connectivity index (χ1) is 29.6. The van der Waals surface area contributed by atoms with Gasteiger partial charge in [0.1, 0.15) is 6.10 Å². The van der Waals surface area contributed by atoms with Crippen LogP contribution in [0.3, 0.4) is 0 Å². The molecule has 0 radical (unpaired) electrons. The van der Waals surface area contributed by atoms with E-state index >= 15 is 0 Å². The van der Waals surface area contributed by atoms with Crippen LogP contribution in [0.2, 0.25) is 5.04 Å². The Kier molecular flexibility index (Phi) is 17.5. The van der Waals surface area contributed by atoms with Gasteiger partial charge in [0.15, 0.2) is 11.9 Å². The number of esters is 2. The monoisotopic (exact) mass is 895 g/mol. The summed E-state index contributed by atoms with van der Waals surface area (Å²) in [5, 5.41) is 24.5. The molecule has 0 saturated carbocycles. The molecule has 11 nitrogen and oxygen atoms in total. The van der Waals surface area contributed by atoms with Crippen LogP contribution in [0.4, 0.5) is 0 Å². The molecule has 3 heterocycles. The van der Waals surface area contributed by atoms with Crippen molar-refractivity contribution in [3.8, 4) is 0 Å². The lowest BCUT2D eigenvalue weighted by Crippen LogP contribution is -2.68. The second-order valence-corrected chi connectivity index (χ2v) is 25.6. The van der Waals surface area contributed by atoms with Crippen molar-refractivity contribution in [2.75, 3.05) is 20.3 Å². The average molecular weight is 895 g/mol. The van der Waals surface area contributed by atoms with Gasteiger partial charge in [0, 0.05) is 32.3 Å². The molecule has 10 atom stereocenters. The number of hydrogen-bond donors (Lipinski definition) is 2. The molecule has 0 aliphatic carbocycles. The summed E-state index contributed by atoms with van der Waals surface area (Å²) in [5.41, 5.74) is -1.34. The van der Waals surface area contributed by atoms with Gasteiger partial charge in [0.05, 0.1) is 60.7 Å². The number of ether oxygens (including phenoxy) is 6. The van der Waals surface area contributed by atoms with E-state index in [4.69, 9.17) is 32.8 Å². The summed E-state index contributed by atoms with van der Waals surface area (Å²) in [6.07, 6.45) is 5.06. The summed E-state index contributed by atoms with van der Waals surface area (Å²) < 4.78 is 45.5. The number of carbonyl (C=O) groups excluding carboxylic acids is 2. The van der Waals surface area contributed by atoms with E-state index in [9.17, 15) is 19.8 Å². The summed E-state index contributed by atoms with van der Waals surface area (Å²) in [7, 11) is -1.39. The molecule has 63 heavy (non-hydrogen) atoms.